The highest BCUT2D eigenvalue weighted by Gasteiger charge is 2.25. The molecular formula is C20H22ClFN2O2. The summed E-state index contributed by atoms with van der Waals surface area (Å²) in [6, 6.07) is 12.3. The number of nitrogens with one attached hydrogen (secondary N) is 1. The Morgan fingerprint density at radius 1 is 1.15 bits per heavy atom. The van der Waals surface area contributed by atoms with Gasteiger partial charge in [-0.2, -0.15) is 0 Å². The number of amides is 2. The van der Waals surface area contributed by atoms with Crippen molar-refractivity contribution in [3.8, 4) is 0 Å². The van der Waals surface area contributed by atoms with Crippen molar-refractivity contribution in [1.29, 1.82) is 0 Å². The average Bonchev–Trinajstić information content (AvgIpc) is 2.60. The predicted molar refractivity (Wildman–Crippen MR) is 100 cm³/mol. The van der Waals surface area contributed by atoms with E-state index in [2.05, 4.69) is 5.32 Å². The number of hydrogen-bond acceptors (Lipinski definition) is 2. The smallest absolute Gasteiger partial charge is 0.242 e. The molecule has 0 aliphatic heterocycles. The molecule has 138 valence electrons. The number of rotatable bonds is 7. The molecule has 2 aromatic rings. The van der Waals surface area contributed by atoms with Gasteiger partial charge in [-0.25, -0.2) is 4.39 Å². The summed E-state index contributed by atoms with van der Waals surface area (Å²) < 4.78 is 13.1. The summed E-state index contributed by atoms with van der Waals surface area (Å²) in [7, 11) is 0. The van der Waals surface area contributed by atoms with Crippen molar-refractivity contribution in [3.05, 3.63) is 70.5 Å². The standard InChI is InChI=1S/C20H22ClFN2O2/c1-3-23-20(26)14(2)24(13-15-7-9-18(22)10-8-15)19(25)12-16-5-4-6-17(21)11-16/h4-11,14H,3,12-13H2,1-2H3,(H,23,26)/t14-/m1/s1. The largest absolute Gasteiger partial charge is 0.355 e. The van der Waals surface area contributed by atoms with Crippen molar-refractivity contribution in [2.75, 3.05) is 6.54 Å². The highest BCUT2D eigenvalue weighted by atomic mass is 35.5. The lowest BCUT2D eigenvalue weighted by Gasteiger charge is -2.29. The van der Waals surface area contributed by atoms with Crippen molar-refractivity contribution < 1.29 is 14.0 Å². The van der Waals surface area contributed by atoms with E-state index in [-0.39, 0.29) is 30.6 Å². The first-order chi connectivity index (χ1) is 12.4. The maximum absolute atomic E-state index is 13.1. The molecule has 2 amide bonds. The first-order valence-corrected chi connectivity index (χ1v) is 8.84. The first-order valence-electron chi connectivity index (χ1n) is 8.46. The molecule has 2 rings (SSSR count). The van der Waals surface area contributed by atoms with Crippen LogP contribution >= 0.6 is 11.6 Å². The quantitative estimate of drug-likeness (QED) is 0.803. The molecule has 2 aromatic carbocycles. The fraction of sp³-hybridized carbons (Fsp3) is 0.300. The van der Waals surface area contributed by atoms with Gasteiger partial charge in [0.15, 0.2) is 0 Å². The van der Waals surface area contributed by atoms with E-state index in [1.807, 2.05) is 13.0 Å². The van der Waals surface area contributed by atoms with E-state index in [1.165, 1.54) is 17.0 Å². The van der Waals surface area contributed by atoms with E-state index in [1.54, 1.807) is 37.3 Å². The van der Waals surface area contributed by atoms with Crippen LogP contribution in [0.15, 0.2) is 48.5 Å². The third kappa shape index (κ3) is 5.56. The number of halogens is 2. The number of hydrogen-bond donors (Lipinski definition) is 1. The van der Waals surface area contributed by atoms with Gasteiger partial charge in [0.05, 0.1) is 6.42 Å². The monoisotopic (exact) mass is 376 g/mol. The minimum atomic E-state index is -0.647. The number of carbonyl (C=O) groups excluding carboxylic acids is 2. The summed E-state index contributed by atoms with van der Waals surface area (Å²) in [6.07, 6.45) is 0.130. The zero-order chi connectivity index (χ0) is 19.1. The molecule has 4 nitrogen and oxygen atoms in total. The van der Waals surface area contributed by atoms with Crippen molar-refractivity contribution in [1.82, 2.24) is 10.2 Å². The van der Waals surface area contributed by atoms with Gasteiger partial charge in [-0.3, -0.25) is 9.59 Å². The van der Waals surface area contributed by atoms with Crippen molar-refractivity contribution in [2.24, 2.45) is 0 Å². The summed E-state index contributed by atoms with van der Waals surface area (Å²) in [6.45, 7) is 4.21. The molecule has 0 bridgehead atoms. The third-order valence-electron chi connectivity index (χ3n) is 4.03. The van der Waals surface area contributed by atoms with E-state index in [0.29, 0.717) is 11.6 Å². The summed E-state index contributed by atoms with van der Waals surface area (Å²) in [4.78, 5) is 26.6. The molecule has 0 aromatic heterocycles. The Kier molecular flexibility index (Phi) is 7.16. The van der Waals surface area contributed by atoms with Gasteiger partial charge in [0.25, 0.3) is 0 Å². The Labute approximate surface area is 158 Å². The highest BCUT2D eigenvalue weighted by molar-refractivity contribution is 6.30. The van der Waals surface area contributed by atoms with E-state index in [4.69, 9.17) is 11.6 Å². The lowest BCUT2D eigenvalue weighted by atomic mass is 10.1. The van der Waals surface area contributed by atoms with Gasteiger partial charge in [-0.05, 0) is 49.2 Å². The molecule has 1 atom stereocenters. The third-order valence-corrected chi connectivity index (χ3v) is 4.26. The normalized spacial score (nSPS) is 11.7. The Bertz CT molecular complexity index is 765. The molecule has 0 spiro atoms. The van der Waals surface area contributed by atoms with Crippen LogP contribution in [0.3, 0.4) is 0 Å². The fourth-order valence-electron chi connectivity index (χ4n) is 2.61. The molecule has 0 aliphatic carbocycles. The zero-order valence-electron chi connectivity index (χ0n) is 14.8. The molecule has 6 heteroatoms. The minimum absolute atomic E-state index is 0.130. The number of benzene rings is 2. The molecule has 0 radical (unpaired) electrons. The van der Waals surface area contributed by atoms with Crippen LogP contribution in [0.25, 0.3) is 0 Å². The summed E-state index contributed by atoms with van der Waals surface area (Å²) in [5.41, 5.74) is 1.52. The number of likely N-dealkylation sites (N-methyl/N-ethyl adjacent to an activating group) is 1. The van der Waals surface area contributed by atoms with Crippen molar-refractivity contribution in [3.63, 3.8) is 0 Å². The van der Waals surface area contributed by atoms with Crippen LogP contribution in [-0.4, -0.2) is 29.3 Å². The van der Waals surface area contributed by atoms with E-state index in [9.17, 15) is 14.0 Å². The second kappa shape index (κ2) is 9.34. The van der Waals surface area contributed by atoms with Gasteiger partial charge in [0.2, 0.25) is 11.8 Å². The first kappa shape index (κ1) is 19.9. The van der Waals surface area contributed by atoms with Crippen LogP contribution in [-0.2, 0) is 22.6 Å². The number of nitrogens with zero attached hydrogens (tertiary/aromatic N) is 1. The minimum Gasteiger partial charge on any atom is -0.355 e. The Morgan fingerprint density at radius 3 is 2.46 bits per heavy atom. The lowest BCUT2D eigenvalue weighted by molar-refractivity contribution is -0.140. The van der Waals surface area contributed by atoms with E-state index in [0.717, 1.165) is 11.1 Å². The Morgan fingerprint density at radius 2 is 1.85 bits per heavy atom. The average molecular weight is 377 g/mol. The van der Waals surface area contributed by atoms with Gasteiger partial charge >= 0.3 is 0 Å². The van der Waals surface area contributed by atoms with Gasteiger partial charge in [-0.1, -0.05) is 35.9 Å². The predicted octanol–water partition coefficient (Wildman–Crippen LogP) is 3.58. The second-order valence-electron chi connectivity index (χ2n) is 6.03. The van der Waals surface area contributed by atoms with Crippen LogP contribution in [0.1, 0.15) is 25.0 Å². The molecular weight excluding hydrogens is 355 g/mol. The lowest BCUT2D eigenvalue weighted by Crippen LogP contribution is -2.48. The Hall–Kier alpha value is -2.40. The van der Waals surface area contributed by atoms with E-state index >= 15 is 0 Å². The van der Waals surface area contributed by atoms with E-state index < -0.39 is 6.04 Å². The van der Waals surface area contributed by atoms with Crippen molar-refractivity contribution in [2.45, 2.75) is 32.9 Å². The van der Waals surface area contributed by atoms with Gasteiger partial charge in [0, 0.05) is 18.1 Å². The van der Waals surface area contributed by atoms with Crippen molar-refractivity contribution >= 4 is 23.4 Å². The molecule has 0 aliphatic rings. The molecule has 0 unspecified atom stereocenters. The second-order valence-corrected chi connectivity index (χ2v) is 6.46. The molecule has 0 saturated heterocycles. The Balaban J connectivity index is 2.21. The summed E-state index contributed by atoms with van der Waals surface area (Å²) in [5.74, 6) is -0.772. The van der Waals surface area contributed by atoms with Crippen LogP contribution in [0.5, 0.6) is 0 Å². The fourth-order valence-corrected chi connectivity index (χ4v) is 2.83. The zero-order valence-corrected chi connectivity index (χ0v) is 15.6. The molecule has 0 fully saturated rings. The molecule has 1 N–H and O–H groups in total. The molecule has 26 heavy (non-hydrogen) atoms. The van der Waals surface area contributed by atoms with Crippen LogP contribution < -0.4 is 5.32 Å². The molecule has 0 saturated carbocycles. The topological polar surface area (TPSA) is 49.4 Å². The summed E-state index contributed by atoms with van der Waals surface area (Å²) in [5, 5.41) is 3.29. The SMILES string of the molecule is CCNC(=O)[C@@H](C)N(Cc1ccc(F)cc1)C(=O)Cc1cccc(Cl)c1. The molecule has 0 heterocycles. The maximum atomic E-state index is 13.1. The highest BCUT2D eigenvalue weighted by Crippen LogP contribution is 2.15. The number of carbonyl (C=O) groups is 2. The van der Waals surface area contributed by atoms with Gasteiger partial charge < -0.3 is 10.2 Å². The summed E-state index contributed by atoms with van der Waals surface area (Å²) >= 11 is 5.98. The maximum Gasteiger partial charge on any atom is 0.242 e. The van der Waals surface area contributed by atoms with Gasteiger partial charge in [-0.15, -0.1) is 0 Å². The van der Waals surface area contributed by atoms with Crippen LogP contribution in [0.4, 0.5) is 4.39 Å². The van der Waals surface area contributed by atoms with Crippen LogP contribution in [0.2, 0.25) is 5.02 Å². The van der Waals surface area contributed by atoms with Crippen LogP contribution in [0, 0.1) is 5.82 Å². The van der Waals surface area contributed by atoms with Gasteiger partial charge in [0.1, 0.15) is 11.9 Å².